The predicted molar refractivity (Wildman–Crippen MR) is 115 cm³/mol. The lowest BCUT2D eigenvalue weighted by atomic mass is 10.1. The number of ether oxygens (including phenoxy) is 3. The van der Waals surface area contributed by atoms with E-state index in [9.17, 15) is 14.4 Å². The molecule has 1 aliphatic rings. The Morgan fingerprint density at radius 2 is 1.87 bits per heavy atom. The largest absolute Gasteiger partial charge is 0.495 e. The average molecular weight is 423 g/mol. The van der Waals surface area contributed by atoms with Crippen LogP contribution < -0.4 is 30.3 Å². The van der Waals surface area contributed by atoms with Gasteiger partial charge in [0.1, 0.15) is 11.3 Å². The molecule has 0 saturated heterocycles. The molecule has 0 radical (unpaired) electrons. The van der Waals surface area contributed by atoms with Gasteiger partial charge in [-0.3, -0.25) is 14.4 Å². The highest BCUT2D eigenvalue weighted by molar-refractivity contribution is 6.07. The van der Waals surface area contributed by atoms with Crippen LogP contribution in [0.5, 0.6) is 17.2 Å². The number of nitrogens with one attached hydrogen (secondary N) is 2. The first-order valence-corrected chi connectivity index (χ1v) is 9.65. The Kier molecular flexibility index (Phi) is 5.24. The first-order chi connectivity index (χ1) is 14.9. The normalized spacial score (nSPS) is 12.0. The van der Waals surface area contributed by atoms with Gasteiger partial charge in [0.2, 0.25) is 18.1 Å². The van der Waals surface area contributed by atoms with Crippen LogP contribution in [0.1, 0.15) is 24.2 Å². The molecule has 3 aromatic rings. The maximum Gasteiger partial charge on any atom is 0.261 e. The van der Waals surface area contributed by atoms with Gasteiger partial charge in [0.25, 0.3) is 5.91 Å². The topological polar surface area (TPSA) is 108 Å². The minimum Gasteiger partial charge on any atom is -0.495 e. The van der Waals surface area contributed by atoms with Gasteiger partial charge in [-0.1, -0.05) is 0 Å². The molecule has 9 nitrogen and oxygen atoms in total. The third-order valence-electron chi connectivity index (χ3n) is 4.93. The first-order valence-electron chi connectivity index (χ1n) is 9.65. The summed E-state index contributed by atoms with van der Waals surface area (Å²) in [5.74, 6) is 0.578. The molecule has 2 aromatic carbocycles. The van der Waals surface area contributed by atoms with Crippen LogP contribution >= 0.6 is 0 Å². The number of carbonyl (C=O) groups excluding carboxylic acids is 2. The van der Waals surface area contributed by atoms with Gasteiger partial charge in [-0.05, 0) is 31.2 Å². The standard InChI is InChI=1S/C22H21N3O6/c1-4-25-10-15(21(27)14-8-19-20(9-17(14)25)31-11-30-19)22(28)24-16-7-13(23-12(2)26)5-6-18(16)29-3/h5-10H,4,11H2,1-3H3,(H,23,26)(H,24,28). The third kappa shape index (κ3) is 3.77. The molecule has 2 N–H and O–H groups in total. The van der Waals surface area contributed by atoms with E-state index in [1.54, 1.807) is 34.9 Å². The van der Waals surface area contributed by atoms with Crippen LogP contribution in [0.2, 0.25) is 0 Å². The molecule has 4 rings (SSSR count). The van der Waals surface area contributed by atoms with E-state index in [1.807, 2.05) is 6.92 Å². The Morgan fingerprint density at radius 3 is 2.55 bits per heavy atom. The van der Waals surface area contributed by atoms with Crippen molar-refractivity contribution in [3.8, 4) is 17.2 Å². The van der Waals surface area contributed by atoms with Crippen LogP contribution in [0, 0.1) is 0 Å². The number of pyridine rings is 1. The number of benzene rings is 2. The number of hydrogen-bond acceptors (Lipinski definition) is 6. The minimum absolute atomic E-state index is 0.0276. The molecule has 0 aliphatic carbocycles. The van der Waals surface area contributed by atoms with Crippen LogP contribution in [0.25, 0.3) is 10.9 Å². The second kappa shape index (κ2) is 8.02. The molecular weight excluding hydrogens is 402 g/mol. The number of nitrogens with zero attached hydrogens (tertiary/aromatic N) is 1. The molecular formula is C22H21N3O6. The molecule has 0 saturated carbocycles. The fraction of sp³-hybridized carbons (Fsp3) is 0.227. The molecule has 1 aromatic heterocycles. The Bertz CT molecular complexity index is 1260. The number of rotatable bonds is 5. The second-order valence-corrected chi connectivity index (χ2v) is 6.93. The van der Waals surface area contributed by atoms with Crippen molar-refractivity contribution in [1.82, 2.24) is 4.57 Å². The fourth-order valence-corrected chi connectivity index (χ4v) is 3.48. The number of hydrogen-bond donors (Lipinski definition) is 2. The number of carbonyl (C=O) groups is 2. The molecule has 0 spiro atoms. The number of amides is 2. The van der Waals surface area contributed by atoms with Crippen molar-refractivity contribution in [2.24, 2.45) is 0 Å². The molecule has 0 fully saturated rings. The van der Waals surface area contributed by atoms with Crippen molar-refractivity contribution in [2.75, 3.05) is 24.5 Å². The Balaban J connectivity index is 1.76. The predicted octanol–water partition coefficient (Wildman–Crippen LogP) is 2.97. The van der Waals surface area contributed by atoms with Crippen molar-refractivity contribution in [2.45, 2.75) is 20.4 Å². The van der Waals surface area contributed by atoms with E-state index in [0.29, 0.717) is 46.1 Å². The summed E-state index contributed by atoms with van der Waals surface area (Å²) in [5, 5.41) is 5.72. The maximum atomic E-state index is 13.1. The highest BCUT2D eigenvalue weighted by Crippen LogP contribution is 2.35. The Morgan fingerprint density at radius 1 is 1.13 bits per heavy atom. The molecule has 1 aliphatic heterocycles. The van der Waals surface area contributed by atoms with Gasteiger partial charge in [0, 0.05) is 31.4 Å². The van der Waals surface area contributed by atoms with Crippen molar-refractivity contribution in [1.29, 1.82) is 0 Å². The summed E-state index contributed by atoms with van der Waals surface area (Å²) in [6.45, 7) is 3.92. The van der Waals surface area contributed by atoms with E-state index in [0.717, 1.165) is 0 Å². The smallest absolute Gasteiger partial charge is 0.261 e. The molecule has 31 heavy (non-hydrogen) atoms. The number of methoxy groups -OCH3 is 1. The highest BCUT2D eigenvalue weighted by atomic mass is 16.7. The number of aromatic nitrogens is 1. The summed E-state index contributed by atoms with van der Waals surface area (Å²) < 4.78 is 17.9. The molecule has 0 bridgehead atoms. The van der Waals surface area contributed by atoms with E-state index in [2.05, 4.69) is 10.6 Å². The van der Waals surface area contributed by atoms with Gasteiger partial charge in [-0.2, -0.15) is 0 Å². The van der Waals surface area contributed by atoms with Gasteiger partial charge in [0.15, 0.2) is 11.5 Å². The maximum absolute atomic E-state index is 13.1. The molecule has 9 heteroatoms. The van der Waals surface area contributed by atoms with Crippen LogP contribution in [0.3, 0.4) is 0 Å². The van der Waals surface area contributed by atoms with E-state index >= 15 is 0 Å². The fourth-order valence-electron chi connectivity index (χ4n) is 3.48. The van der Waals surface area contributed by atoms with Crippen molar-refractivity contribution in [3.63, 3.8) is 0 Å². The average Bonchev–Trinajstić information content (AvgIpc) is 3.20. The SMILES string of the molecule is CCn1cc(C(=O)Nc2cc(NC(C)=O)ccc2OC)c(=O)c2cc3c(cc21)OCO3. The lowest BCUT2D eigenvalue weighted by molar-refractivity contribution is -0.114. The first kappa shape index (κ1) is 20.3. The van der Waals surface area contributed by atoms with Crippen LogP contribution in [-0.2, 0) is 11.3 Å². The van der Waals surface area contributed by atoms with E-state index in [4.69, 9.17) is 14.2 Å². The molecule has 0 unspecified atom stereocenters. The lowest BCUT2D eigenvalue weighted by Gasteiger charge is -2.14. The summed E-state index contributed by atoms with van der Waals surface area (Å²) in [6.07, 6.45) is 1.52. The van der Waals surface area contributed by atoms with Crippen LogP contribution in [0.15, 0.2) is 41.3 Å². The molecule has 2 amide bonds. The summed E-state index contributed by atoms with van der Waals surface area (Å²) in [5.41, 5.74) is 1.01. The number of anilines is 2. The zero-order chi connectivity index (χ0) is 22.1. The summed E-state index contributed by atoms with van der Waals surface area (Å²) >= 11 is 0. The molecule has 2 heterocycles. The van der Waals surface area contributed by atoms with Crippen molar-refractivity contribution in [3.05, 3.63) is 52.3 Å². The lowest BCUT2D eigenvalue weighted by Crippen LogP contribution is -2.24. The van der Waals surface area contributed by atoms with Gasteiger partial charge < -0.3 is 29.4 Å². The Labute approximate surface area is 177 Å². The minimum atomic E-state index is -0.593. The van der Waals surface area contributed by atoms with Crippen molar-refractivity contribution < 1.29 is 23.8 Å². The molecule has 160 valence electrons. The number of fused-ring (bicyclic) bond motifs is 2. The number of aryl methyl sites for hydroxylation is 1. The zero-order valence-electron chi connectivity index (χ0n) is 17.3. The van der Waals surface area contributed by atoms with Crippen molar-refractivity contribution >= 4 is 34.1 Å². The van der Waals surface area contributed by atoms with Gasteiger partial charge in [-0.25, -0.2) is 0 Å². The summed E-state index contributed by atoms with van der Waals surface area (Å²) in [7, 11) is 1.46. The van der Waals surface area contributed by atoms with E-state index in [-0.39, 0.29) is 18.3 Å². The summed E-state index contributed by atoms with van der Waals surface area (Å²) in [6, 6.07) is 8.17. The van der Waals surface area contributed by atoms with Gasteiger partial charge in [0.05, 0.1) is 23.7 Å². The van der Waals surface area contributed by atoms with E-state index in [1.165, 1.54) is 20.2 Å². The highest BCUT2D eigenvalue weighted by Gasteiger charge is 2.21. The van der Waals surface area contributed by atoms with E-state index < -0.39 is 11.3 Å². The monoisotopic (exact) mass is 423 g/mol. The zero-order valence-corrected chi connectivity index (χ0v) is 17.3. The second-order valence-electron chi connectivity index (χ2n) is 6.93. The quantitative estimate of drug-likeness (QED) is 0.653. The molecule has 0 atom stereocenters. The summed E-state index contributed by atoms with van der Waals surface area (Å²) in [4.78, 5) is 37.5. The third-order valence-corrected chi connectivity index (χ3v) is 4.93. The Hall–Kier alpha value is -4.01. The van der Waals surface area contributed by atoms with Crippen LogP contribution in [-0.4, -0.2) is 30.3 Å². The van der Waals surface area contributed by atoms with Gasteiger partial charge >= 0.3 is 0 Å². The van der Waals surface area contributed by atoms with Crippen LogP contribution in [0.4, 0.5) is 11.4 Å². The van der Waals surface area contributed by atoms with Gasteiger partial charge in [-0.15, -0.1) is 0 Å².